The van der Waals surface area contributed by atoms with E-state index in [0.717, 1.165) is 5.75 Å². The maximum absolute atomic E-state index is 5.92. The standard InChI is InChI=1S/C14H14O/c1-9-10(2)15-13-8-4-6-11-5-3-7-12(9)14(11)13/h3-10H,1-2H3/t9-,10?/m0/s1. The molecular formula is C14H14O. The number of ether oxygens (including phenoxy) is 1. The first-order chi connectivity index (χ1) is 7.27. The normalized spacial score (nSPS) is 23.9. The Balaban J connectivity index is 2.41. The first kappa shape index (κ1) is 8.78. The Morgan fingerprint density at radius 3 is 2.53 bits per heavy atom. The van der Waals surface area contributed by atoms with Crippen LogP contribution in [0.25, 0.3) is 10.8 Å². The minimum Gasteiger partial charge on any atom is -0.489 e. The van der Waals surface area contributed by atoms with Gasteiger partial charge in [-0.15, -0.1) is 0 Å². The summed E-state index contributed by atoms with van der Waals surface area (Å²) < 4.78 is 5.92. The van der Waals surface area contributed by atoms with Crippen molar-refractivity contribution >= 4 is 10.8 Å². The molecule has 0 aromatic heterocycles. The molecule has 1 heteroatoms. The van der Waals surface area contributed by atoms with Gasteiger partial charge < -0.3 is 4.74 Å². The SMILES string of the molecule is CC1Oc2cccc3cccc(c23)[C@H]1C. The van der Waals surface area contributed by atoms with Gasteiger partial charge in [0, 0.05) is 11.3 Å². The van der Waals surface area contributed by atoms with Crippen molar-refractivity contribution in [3.63, 3.8) is 0 Å². The van der Waals surface area contributed by atoms with Crippen LogP contribution in [0.5, 0.6) is 5.75 Å². The van der Waals surface area contributed by atoms with E-state index in [2.05, 4.69) is 50.2 Å². The fourth-order valence-corrected chi connectivity index (χ4v) is 2.37. The zero-order valence-electron chi connectivity index (χ0n) is 9.03. The molecule has 1 aliphatic heterocycles. The molecule has 1 heterocycles. The fraction of sp³-hybridized carbons (Fsp3) is 0.286. The summed E-state index contributed by atoms with van der Waals surface area (Å²) in [5, 5.41) is 2.58. The highest BCUT2D eigenvalue weighted by Gasteiger charge is 2.24. The summed E-state index contributed by atoms with van der Waals surface area (Å²) in [7, 11) is 0. The van der Waals surface area contributed by atoms with E-state index in [9.17, 15) is 0 Å². The molecule has 76 valence electrons. The van der Waals surface area contributed by atoms with Gasteiger partial charge in [0.05, 0.1) is 0 Å². The van der Waals surface area contributed by atoms with Crippen LogP contribution in [0.1, 0.15) is 25.3 Å². The van der Waals surface area contributed by atoms with E-state index in [1.807, 2.05) is 0 Å². The molecule has 1 aliphatic rings. The summed E-state index contributed by atoms with van der Waals surface area (Å²) >= 11 is 0. The summed E-state index contributed by atoms with van der Waals surface area (Å²) in [6, 6.07) is 12.8. The van der Waals surface area contributed by atoms with Gasteiger partial charge in [-0.1, -0.05) is 37.3 Å². The molecule has 0 amide bonds. The molecular weight excluding hydrogens is 184 g/mol. The molecule has 2 aromatic carbocycles. The lowest BCUT2D eigenvalue weighted by atomic mass is 9.89. The molecule has 0 aliphatic carbocycles. The second-order valence-electron chi connectivity index (χ2n) is 4.31. The topological polar surface area (TPSA) is 9.23 Å². The van der Waals surface area contributed by atoms with Crippen molar-refractivity contribution in [1.29, 1.82) is 0 Å². The first-order valence-corrected chi connectivity index (χ1v) is 5.45. The minimum atomic E-state index is 0.269. The highest BCUT2D eigenvalue weighted by molar-refractivity contribution is 5.92. The lowest BCUT2D eigenvalue weighted by molar-refractivity contribution is 0.190. The minimum absolute atomic E-state index is 0.269. The maximum atomic E-state index is 5.92. The summed E-state index contributed by atoms with van der Waals surface area (Å²) in [4.78, 5) is 0. The van der Waals surface area contributed by atoms with Gasteiger partial charge in [-0.2, -0.15) is 0 Å². The van der Waals surface area contributed by atoms with E-state index in [4.69, 9.17) is 4.74 Å². The van der Waals surface area contributed by atoms with Gasteiger partial charge in [0.25, 0.3) is 0 Å². The number of benzene rings is 2. The molecule has 0 saturated heterocycles. The molecule has 1 nitrogen and oxygen atoms in total. The molecule has 0 radical (unpaired) electrons. The van der Waals surface area contributed by atoms with Crippen molar-refractivity contribution in [3.05, 3.63) is 42.0 Å². The maximum Gasteiger partial charge on any atom is 0.127 e. The second kappa shape index (κ2) is 2.99. The summed E-state index contributed by atoms with van der Waals surface area (Å²) in [5.74, 6) is 1.51. The fourth-order valence-electron chi connectivity index (χ4n) is 2.37. The summed E-state index contributed by atoms with van der Waals surface area (Å²) in [6.45, 7) is 4.37. The second-order valence-corrected chi connectivity index (χ2v) is 4.31. The Hall–Kier alpha value is -1.50. The molecule has 0 fully saturated rings. The van der Waals surface area contributed by atoms with E-state index >= 15 is 0 Å². The van der Waals surface area contributed by atoms with Crippen molar-refractivity contribution in [2.45, 2.75) is 25.9 Å². The van der Waals surface area contributed by atoms with Gasteiger partial charge in [0.15, 0.2) is 0 Å². The van der Waals surface area contributed by atoms with E-state index in [1.54, 1.807) is 0 Å². The Kier molecular flexibility index (Phi) is 1.75. The molecule has 2 atom stereocenters. The van der Waals surface area contributed by atoms with Gasteiger partial charge in [-0.05, 0) is 23.9 Å². The molecule has 3 rings (SSSR count). The van der Waals surface area contributed by atoms with E-state index in [1.165, 1.54) is 16.3 Å². The third-order valence-corrected chi connectivity index (χ3v) is 3.41. The van der Waals surface area contributed by atoms with Crippen LogP contribution in [0.2, 0.25) is 0 Å². The Labute approximate surface area is 89.7 Å². The van der Waals surface area contributed by atoms with Crippen LogP contribution in [-0.2, 0) is 0 Å². The van der Waals surface area contributed by atoms with Crippen LogP contribution in [0, 0.1) is 0 Å². The summed E-state index contributed by atoms with van der Waals surface area (Å²) in [6.07, 6.45) is 0.269. The Morgan fingerprint density at radius 2 is 1.73 bits per heavy atom. The molecule has 0 spiro atoms. The van der Waals surface area contributed by atoms with Crippen molar-refractivity contribution in [3.8, 4) is 5.75 Å². The highest BCUT2D eigenvalue weighted by Crippen LogP contribution is 2.39. The zero-order chi connectivity index (χ0) is 10.4. The summed E-state index contributed by atoms with van der Waals surface area (Å²) in [5.41, 5.74) is 1.42. The average Bonchev–Trinajstić information content (AvgIpc) is 2.26. The molecule has 0 saturated carbocycles. The van der Waals surface area contributed by atoms with Crippen LogP contribution in [0.4, 0.5) is 0 Å². The van der Waals surface area contributed by atoms with Gasteiger partial charge in [-0.25, -0.2) is 0 Å². The number of hydrogen-bond donors (Lipinski definition) is 0. The van der Waals surface area contributed by atoms with E-state index in [0.29, 0.717) is 5.92 Å². The number of rotatable bonds is 0. The number of hydrogen-bond acceptors (Lipinski definition) is 1. The van der Waals surface area contributed by atoms with Crippen molar-refractivity contribution in [2.75, 3.05) is 0 Å². The van der Waals surface area contributed by atoms with Crippen LogP contribution in [-0.4, -0.2) is 6.10 Å². The predicted octanol–water partition coefficient (Wildman–Crippen LogP) is 3.72. The lowest BCUT2D eigenvalue weighted by Crippen LogP contribution is -2.23. The van der Waals surface area contributed by atoms with Crippen LogP contribution >= 0.6 is 0 Å². The smallest absolute Gasteiger partial charge is 0.127 e. The van der Waals surface area contributed by atoms with Crippen LogP contribution in [0.15, 0.2) is 36.4 Å². The Bertz CT molecular complexity index is 510. The quantitative estimate of drug-likeness (QED) is 0.626. The third kappa shape index (κ3) is 1.16. The van der Waals surface area contributed by atoms with Gasteiger partial charge in [0.1, 0.15) is 11.9 Å². The average molecular weight is 198 g/mol. The lowest BCUT2D eigenvalue weighted by Gasteiger charge is -2.29. The van der Waals surface area contributed by atoms with Crippen molar-refractivity contribution in [2.24, 2.45) is 0 Å². The molecule has 1 unspecified atom stereocenters. The van der Waals surface area contributed by atoms with E-state index in [-0.39, 0.29) is 6.10 Å². The molecule has 0 N–H and O–H groups in total. The highest BCUT2D eigenvalue weighted by atomic mass is 16.5. The van der Waals surface area contributed by atoms with Crippen LogP contribution in [0.3, 0.4) is 0 Å². The molecule has 2 aromatic rings. The van der Waals surface area contributed by atoms with E-state index < -0.39 is 0 Å². The third-order valence-electron chi connectivity index (χ3n) is 3.41. The predicted molar refractivity (Wildman–Crippen MR) is 62.5 cm³/mol. The molecule has 15 heavy (non-hydrogen) atoms. The largest absolute Gasteiger partial charge is 0.489 e. The van der Waals surface area contributed by atoms with Gasteiger partial charge in [0.2, 0.25) is 0 Å². The van der Waals surface area contributed by atoms with Gasteiger partial charge in [-0.3, -0.25) is 0 Å². The molecule has 0 bridgehead atoms. The first-order valence-electron chi connectivity index (χ1n) is 5.45. The van der Waals surface area contributed by atoms with Crippen molar-refractivity contribution in [1.82, 2.24) is 0 Å². The van der Waals surface area contributed by atoms with Gasteiger partial charge >= 0.3 is 0 Å². The zero-order valence-corrected chi connectivity index (χ0v) is 9.03. The van der Waals surface area contributed by atoms with Crippen molar-refractivity contribution < 1.29 is 4.74 Å². The monoisotopic (exact) mass is 198 g/mol. The Morgan fingerprint density at radius 1 is 1.00 bits per heavy atom. The van der Waals surface area contributed by atoms with Crippen LogP contribution < -0.4 is 4.74 Å².